The van der Waals surface area contributed by atoms with E-state index in [1.807, 2.05) is 30.1 Å². The molecule has 4 heteroatoms. The van der Waals surface area contributed by atoms with Gasteiger partial charge in [-0.15, -0.1) is 11.8 Å². The summed E-state index contributed by atoms with van der Waals surface area (Å²) >= 11 is 8.22. The number of halogens is 1. The Morgan fingerprint density at radius 2 is 2.04 bits per heavy atom. The van der Waals surface area contributed by atoms with Crippen molar-refractivity contribution in [1.29, 1.82) is 0 Å². The molecule has 0 radical (unpaired) electrons. The second kappa shape index (κ2) is 6.74. The summed E-state index contributed by atoms with van der Waals surface area (Å²) in [7, 11) is 0. The first-order valence-electron chi connectivity index (χ1n) is 8.28. The highest BCUT2D eigenvalue weighted by atomic mass is 35.5. The summed E-state index contributed by atoms with van der Waals surface area (Å²) in [6.45, 7) is 0.517. The van der Waals surface area contributed by atoms with E-state index in [1.54, 1.807) is 0 Å². The lowest BCUT2D eigenvalue weighted by atomic mass is 10.1. The summed E-state index contributed by atoms with van der Waals surface area (Å²) < 4.78 is 5.96. The minimum atomic E-state index is 0.517. The second-order valence-electron chi connectivity index (χ2n) is 6.47. The van der Waals surface area contributed by atoms with Crippen molar-refractivity contribution in [3.8, 4) is 5.75 Å². The molecule has 2 aliphatic rings. The molecule has 1 heterocycles. The monoisotopic (exact) mass is 345 g/mol. The third-order valence-electron chi connectivity index (χ3n) is 4.39. The minimum absolute atomic E-state index is 0.517. The van der Waals surface area contributed by atoms with Crippen LogP contribution >= 0.6 is 23.4 Å². The molecule has 1 aromatic heterocycles. The van der Waals surface area contributed by atoms with E-state index in [4.69, 9.17) is 16.3 Å². The smallest absolute Gasteiger partial charge is 0.138 e. The molecule has 0 amide bonds. The number of rotatable bonds is 7. The van der Waals surface area contributed by atoms with E-state index in [-0.39, 0.29) is 0 Å². The van der Waals surface area contributed by atoms with Gasteiger partial charge in [-0.25, -0.2) is 4.98 Å². The van der Waals surface area contributed by atoms with Gasteiger partial charge in [0.25, 0.3) is 0 Å². The molecule has 0 unspecified atom stereocenters. The molecular weight excluding hydrogens is 326 g/mol. The van der Waals surface area contributed by atoms with Gasteiger partial charge in [0.15, 0.2) is 0 Å². The highest BCUT2D eigenvalue weighted by Gasteiger charge is 2.24. The second-order valence-corrected chi connectivity index (χ2v) is 7.89. The van der Waals surface area contributed by atoms with Crippen LogP contribution in [0.15, 0.2) is 41.6 Å². The van der Waals surface area contributed by atoms with Gasteiger partial charge in [-0.3, -0.25) is 0 Å². The standard InChI is InChI=1S/C19H20ClNOS/c20-17-10-15(14-5-6-14)7-8-18(17)22-11-16-2-1-9-21-19(16)23-12-13-3-4-13/h1-2,7-10,13-14H,3-6,11-12H2. The molecule has 2 nitrogen and oxygen atoms in total. The molecule has 2 aromatic rings. The maximum Gasteiger partial charge on any atom is 0.138 e. The van der Waals surface area contributed by atoms with Gasteiger partial charge in [-0.1, -0.05) is 23.7 Å². The van der Waals surface area contributed by atoms with Crippen LogP contribution in [0.1, 0.15) is 42.7 Å². The Labute approximate surface area is 146 Å². The van der Waals surface area contributed by atoms with Crippen LogP contribution in [0.5, 0.6) is 5.75 Å². The summed E-state index contributed by atoms with van der Waals surface area (Å²) in [6, 6.07) is 10.3. The number of hydrogen-bond donors (Lipinski definition) is 0. The van der Waals surface area contributed by atoms with Crippen molar-refractivity contribution in [3.63, 3.8) is 0 Å². The third-order valence-corrected chi connectivity index (χ3v) is 5.96. The molecule has 0 aliphatic heterocycles. The molecule has 2 fully saturated rings. The van der Waals surface area contributed by atoms with Gasteiger partial charge in [-0.2, -0.15) is 0 Å². The zero-order valence-electron chi connectivity index (χ0n) is 13.0. The van der Waals surface area contributed by atoms with Crippen molar-refractivity contribution >= 4 is 23.4 Å². The SMILES string of the molecule is Clc1cc(C2CC2)ccc1OCc1cccnc1SCC1CC1. The summed E-state index contributed by atoms with van der Waals surface area (Å²) in [6.07, 6.45) is 7.17. The van der Waals surface area contributed by atoms with Crippen LogP contribution in [0.3, 0.4) is 0 Å². The van der Waals surface area contributed by atoms with Crippen molar-refractivity contribution < 1.29 is 4.74 Å². The maximum absolute atomic E-state index is 6.37. The molecule has 0 saturated heterocycles. The van der Waals surface area contributed by atoms with E-state index in [1.165, 1.54) is 37.0 Å². The molecule has 1 aromatic carbocycles. The third kappa shape index (κ3) is 4.02. The maximum atomic E-state index is 6.37. The highest BCUT2D eigenvalue weighted by molar-refractivity contribution is 7.99. The average molecular weight is 346 g/mol. The van der Waals surface area contributed by atoms with E-state index in [2.05, 4.69) is 23.2 Å². The summed E-state index contributed by atoms with van der Waals surface area (Å²) in [5.41, 5.74) is 2.48. The van der Waals surface area contributed by atoms with Crippen molar-refractivity contribution in [2.24, 2.45) is 5.92 Å². The quantitative estimate of drug-likeness (QED) is 0.601. The molecule has 0 N–H and O–H groups in total. The lowest BCUT2D eigenvalue weighted by molar-refractivity contribution is 0.302. The van der Waals surface area contributed by atoms with Gasteiger partial charge in [0.2, 0.25) is 0 Å². The molecule has 2 saturated carbocycles. The van der Waals surface area contributed by atoms with Gasteiger partial charge in [-0.05, 0) is 61.3 Å². The lowest BCUT2D eigenvalue weighted by Gasteiger charge is -2.12. The van der Waals surface area contributed by atoms with Crippen molar-refractivity contribution in [1.82, 2.24) is 4.98 Å². The van der Waals surface area contributed by atoms with Crippen LogP contribution in [0.2, 0.25) is 5.02 Å². The predicted octanol–water partition coefficient (Wildman–Crippen LogP) is 5.69. The van der Waals surface area contributed by atoms with Crippen LogP contribution in [0.25, 0.3) is 0 Å². The fourth-order valence-corrected chi connectivity index (χ4v) is 4.02. The highest BCUT2D eigenvalue weighted by Crippen LogP contribution is 2.42. The van der Waals surface area contributed by atoms with Crippen molar-refractivity contribution in [2.75, 3.05) is 5.75 Å². The van der Waals surface area contributed by atoms with Crippen LogP contribution in [-0.4, -0.2) is 10.7 Å². The fourth-order valence-electron chi connectivity index (χ4n) is 2.61. The van der Waals surface area contributed by atoms with E-state index < -0.39 is 0 Å². The fraction of sp³-hybridized carbons (Fsp3) is 0.421. The largest absolute Gasteiger partial charge is 0.487 e. The van der Waals surface area contributed by atoms with E-state index >= 15 is 0 Å². The minimum Gasteiger partial charge on any atom is -0.487 e. The molecule has 4 rings (SSSR count). The normalized spacial score (nSPS) is 17.3. The number of thioether (sulfide) groups is 1. The lowest BCUT2D eigenvalue weighted by Crippen LogP contribution is -2.00. The van der Waals surface area contributed by atoms with E-state index in [0.717, 1.165) is 22.3 Å². The zero-order chi connectivity index (χ0) is 15.6. The molecule has 0 spiro atoms. The number of benzene rings is 1. The molecule has 0 bridgehead atoms. The first-order chi connectivity index (χ1) is 11.3. The Hall–Kier alpha value is -1.19. The Balaban J connectivity index is 1.41. The van der Waals surface area contributed by atoms with Crippen LogP contribution < -0.4 is 4.74 Å². The number of pyridine rings is 1. The molecule has 2 aliphatic carbocycles. The van der Waals surface area contributed by atoms with E-state index in [9.17, 15) is 0 Å². The first kappa shape index (κ1) is 15.3. The van der Waals surface area contributed by atoms with Gasteiger partial charge >= 0.3 is 0 Å². The van der Waals surface area contributed by atoms with Crippen LogP contribution in [0, 0.1) is 5.92 Å². The van der Waals surface area contributed by atoms with Crippen molar-refractivity contribution in [2.45, 2.75) is 43.2 Å². The average Bonchev–Trinajstić information content (AvgIpc) is 3.46. The Morgan fingerprint density at radius 1 is 1.17 bits per heavy atom. The van der Waals surface area contributed by atoms with Gasteiger partial charge < -0.3 is 4.74 Å². The van der Waals surface area contributed by atoms with Crippen LogP contribution in [-0.2, 0) is 6.61 Å². The van der Waals surface area contributed by atoms with Gasteiger partial charge in [0.1, 0.15) is 17.4 Å². The number of aromatic nitrogens is 1. The number of hydrogen-bond acceptors (Lipinski definition) is 3. The molecular formula is C19H20ClNOS. The molecule has 0 atom stereocenters. The Morgan fingerprint density at radius 3 is 2.78 bits per heavy atom. The van der Waals surface area contributed by atoms with Crippen LogP contribution in [0.4, 0.5) is 0 Å². The summed E-state index contributed by atoms with van der Waals surface area (Å²) in [5, 5.41) is 1.80. The Kier molecular flexibility index (Phi) is 4.50. The van der Waals surface area contributed by atoms with Crippen molar-refractivity contribution in [3.05, 3.63) is 52.7 Å². The zero-order valence-corrected chi connectivity index (χ0v) is 14.6. The summed E-state index contributed by atoms with van der Waals surface area (Å²) in [5.74, 6) is 3.53. The topological polar surface area (TPSA) is 22.1 Å². The summed E-state index contributed by atoms with van der Waals surface area (Å²) in [4.78, 5) is 4.51. The van der Waals surface area contributed by atoms with Gasteiger partial charge in [0.05, 0.1) is 5.02 Å². The first-order valence-corrected chi connectivity index (χ1v) is 9.65. The Bertz CT molecular complexity index is 698. The number of nitrogens with zero attached hydrogens (tertiary/aromatic N) is 1. The number of ether oxygens (including phenoxy) is 1. The molecule has 120 valence electrons. The predicted molar refractivity (Wildman–Crippen MR) is 95.4 cm³/mol. The van der Waals surface area contributed by atoms with E-state index in [0.29, 0.717) is 17.5 Å². The van der Waals surface area contributed by atoms with Gasteiger partial charge in [0, 0.05) is 17.5 Å². The molecule has 23 heavy (non-hydrogen) atoms.